The Morgan fingerprint density at radius 3 is 2.62 bits per heavy atom. The Morgan fingerprint density at radius 1 is 1.23 bits per heavy atom. The SMILES string of the molecule is NCCCCC(=O)NCCCCO. The molecule has 0 radical (unpaired) electrons. The van der Waals surface area contributed by atoms with Crippen LogP contribution in [0, 0.1) is 0 Å². The molecule has 0 atom stereocenters. The van der Waals surface area contributed by atoms with E-state index >= 15 is 0 Å². The lowest BCUT2D eigenvalue weighted by atomic mass is 10.2. The first-order valence-electron chi connectivity index (χ1n) is 4.89. The molecular weight excluding hydrogens is 168 g/mol. The van der Waals surface area contributed by atoms with Gasteiger partial charge in [0.2, 0.25) is 5.91 Å². The average Bonchev–Trinajstić information content (AvgIpc) is 2.13. The molecule has 0 aliphatic carbocycles. The van der Waals surface area contributed by atoms with Gasteiger partial charge in [-0.25, -0.2) is 0 Å². The first kappa shape index (κ1) is 12.4. The van der Waals surface area contributed by atoms with Gasteiger partial charge in [0.15, 0.2) is 0 Å². The second kappa shape index (κ2) is 9.48. The van der Waals surface area contributed by atoms with Crippen LogP contribution in [0.1, 0.15) is 32.1 Å². The van der Waals surface area contributed by atoms with Crippen LogP contribution in [0.5, 0.6) is 0 Å². The number of hydrogen-bond donors (Lipinski definition) is 3. The maximum absolute atomic E-state index is 11.1. The fourth-order valence-corrected chi connectivity index (χ4v) is 0.983. The Bertz CT molecular complexity index is 129. The summed E-state index contributed by atoms with van der Waals surface area (Å²) in [5.74, 6) is 0.0892. The van der Waals surface area contributed by atoms with Crippen LogP contribution in [-0.2, 0) is 4.79 Å². The third-order valence-corrected chi connectivity index (χ3v) is 1.77. The zero-order valence-electron chi connectivity index (χ0n) is 8.09. The number of nitrogens with one attached hydrogen (secondary N) is 1. The zero-order chi connectivity index (χ0) is 9.94. The van der Waals surface area contributed by atoms with Crippen molar-refractivity contribution in [1.29, 1.82) is 0 Å². The van der Waals surface area contributed by atoms with E-state index in [1.807, 2.05) is 0 Å². The van der Waals surface area contributed by atoms with Gasteiger partial charge in [-0.1, -0.05) is 0 Å². The maximum Gasteiger partial charge on any atom is 0.219 e. The average molecular weight is 188 g/mol. The number of carbonyl (C=O) groups is 1. The molecule has 0 aromatic rings. The third-order valence-electron chi connectivity index (χ3n) is 1.77. The van der Waals surface area contributed by atoms with E-state index in [9.17, 15) is 4.79 Å². The molecule has 0 saturated heterocycles. The van der Waals surface area contributed by atoms with Gasteiger partial charge in [-0.3, -0.25) is 4.79 Å². The molecule has 0 unspecified atom stereocenters. The molecule has 4 N–H and O–H groups in total. The van der Waals surface area contributed by atoms with Crippen molar-refractivity contribution in [2.75, 3.05) is 19.7 Å². The van der Waals surface area contributed by atoms with Crippen LogP contribution in [0.15, 0.2) is 0 Å². The minimum absolute atomic E-state index is 0.0892. The van der Waals surface area contributed by atoms with E-state index in [4.69, 9.17) is 10.8 Å². The van der Waals surface area contributed by atoms with Crippen molar-refractivity contribution in [2.45, 2.75) is 32.1 Å². The predicted molar refractivity (Wildman–Crippen MR) is 52.2 cm³/mol. The minimum Gasteiger partial charge on any atom is -0.396 e. The monoisotopic (exact) mass is 188 g/mol. The topological polar surface area (TPSA) is 75.4 Å². The maximum atomic E-state index is 11.1. The number of unbranched alkanes of at least 4 members (excludes halogenated alkanes) is 2. The lowest BCUT2D eigenvalue weighted by molar-refractivity contribution is -0.121. The predicted octanol–water partition coefficient (Wildman–Crippen LogP) is 0.00410. The van der Waals surface area contributed by atoms with Gasteiger partial charge in [-0.15, -0.1) is 0 Å². The molecule has 1 amide bonds. The summed E-state index contributed by atoms with van der Waals surface area (Å²) in [6.45, 7) is 1.52. The van der Waals surface area contributed by atoms with E-state index in [0.29, 0.717) is 19.5 Å². The van der Waals surface area contributed by atoms with E-state index in [1.165, 1.54) is 0 Å². The minimum atomic E-state index is 0.0892. The highest BCUT2D eigenvalue weighted by Gasteiger charge is 1.98. The zero-order valence-corrected chi connectivity index (χ0v) is 8.09. The van der Waals surface area contributed by atoms with E-state index in [1.54, 1.807) is 0 Å². The number of amides is 1. The number of aliphatic hydroxyl groups excluding tert-OH is 1. The molecule has 0 heterocycles. The second-order valence-electron chi connectivity index (χ2n) is 3.03. The fourth-order valence-electron chi connectivity index (χ4n) is 0.983. The van der Waals surface area contributed by atoms with Gasteiger partial charge in [-0.05, 0) is 32.2 Å². The van der Waals surface area contributed by atoms with Gasteiger partial charge in [0.25, 0.3) is 0 Å². The molecule has 0 bridgehead atoms. The lowest BCUT2D eigenvalue weighted by Gasteiger charge is -2.03. The molecule has 78 valence electrons. The Hall–Kier alpha value is -0.610. The van der Waals surface area contributed by atoms with Crippen molar-refractivity contribution in [2.24, 2.45) is 5.73 Å². The molecule has 0 saturated carbocycles. The van der Waals surface area contributed by atoms with Gasteiger partial charge in [0.05, 0.1) is 0 Å². The van der Waals surface area contributed by atoms with Crippen LogP contribution in [0.25, 0.3) is 0 Å². The Balaban J connectivity index is 3.11. The Kier molecular flexibility index (Phi) is 9.03. The molecule has 0 rings (SSSR count). The summed E-state index contributed by atoms with van der Waals surface area (Å²) in [6, 6.07) is 0. The van der Waals surface area contributed by atoms with Crippen LogP contribution < -0.4 is 11.1 Å². The molecule has 0 aliphatic rings. The van der Waals surface area contributed by atoms with Gasteiger partial charge < -0.3 is 16.2 Å². The van der Waals surface area contributed by atoms with Gasteiger partial charge in [-0.2, -0.15) is 0 Å². The van der Waals surface area contributed by atoms with Crippen LogP contribution >= 0.6 is 0 Å². The first-order chi connectivity index (χ1) is 6.31. The summed E-state index contributed by atoms with van der Waals surface area (Å²) < 4.78 is 0. The Labute approximate surface area is 79.5 Å². The smallest absolute Gasteiger partial charge is 0.219 e. The molecule has 0 aromatic carbocycles. The van der Waals surface area contributed by atoms with Crippen molar-refractivity contribution >= 4 is 5.91 Å². The van der Waals surface area contributed by atoms with Crippen molar-refractivity contribution in [1.82, 2.24) is 5.32 Å². The molecule has 4 nitrogen and oxygen atoms in total. The third kappa shape index (κ3) is 9.30. The van der Waals surface area contributed by atoms with Gasteiger partial charge >= 0.3 is 0 Å². The molecule has 0 aliphatic heterocycles. The number of carbonyl (C=O) groups excluding carboxylic acids is 1. The van der Waals surface area contributed by atoms with Crippen LogP contribution in [-0.4, -0.2) is 30.7 Å². The number of nitrogens with two attached hydrogens (primary N) is 1. The number of hydrogen-bond acceptors (Lipinski definition) is 3. The van der Waals surface area contributed by atoms with Crippen LogP contribution in [0.4, 0.5) is 0 Å². The Morgan fingerprint density at radius 2 is 2.00 bits per heavy atom. The first-order valence-corrected chi connectivity index (χ1v) is 4.89. The summed E-state index contributed by atoms with van der Waals surface area (Å²) in [7, 11) is 0. The largest absolute Gasteiger partial charge is 0.396 e. The van der Waals surface area contributed by atoms with Gasteiger partial charge in [0, 0.05) is 19.6 Å². The van der Waals surface area contributed by atoms with E-state index in [-0.39, 0.29) is 12.5 Å². The van der Waals surface area contributed by atoms with Crippen molar-refractivity contribution in [3.63, 3.8) is 0 Å². The van der Waals surface area contributed by atoms with Gasteiger partial charge in [0.1, 0.15) is 0 Å². The molecular formula is C9H20N2O2. The van der Waals surface area contributed by atoms with Crippen LogP contribution in [0.3, 0.4) is 0 Å². The lowest BCUT2D eigenvalue weighted by Crippen LogP contribution is -2.24. The molecule has 0 spiro atoms. The standard InChI is InChI=1S/C9H20N2O2/c10-6-2-1-5-9(13)11-7-3-4-8-12/h12H,1-8,10H2,(H,11,13). The fraction of sp³-hybridized carbons (Fsp3) is 0.889. The van der Waals surface area contributed by atoms with E-state index in [2.05, 4.69) is 5.32 Å². The summed E-state index contributed by atoms with van der Waals surface area (Å²) in [4.78, 5) is 11.1. The molecule has 0 aromatic heterocycles. The second-order valence-corrected chi connectivity index (χ2v) is 3.03. The highest BCUT2D eigenvalue weighted by molar-refractivity contribution is 5.75. The summed E-state index contributed by atoms with van der Waals surface area (Å²) in [5, 5.41) is 11.3. The number of rotatable bonds is 8. The van der Waals surface area contributed by atoms with Crippen molar-refractivity contribution in [3.8, 4) is 0 Å². The summed E-state index contributed by atoms with van der Waals surface area (Å²) in [5.41, 5.74) is 5.29. The van der Waals surface area contributed by atoms with Crippen molar-refractivity contribution < 1.29 is 9.90 Å². The van der Waals surface area contributed by atoms with Crippen LogP contribution in [0.2, 0.25) is 0 Å². The summed E-state index contributed by atoms with van der Waals surface area (Å²) >= 11 is 0. The van der Waals surface area contributed by atoms with E-state index < -0.39 is 0 Å². The van der Waals surface area contributed by atoms with E-state index in [0.717, 1.165) is 25.7 Å². The number of aliphatic hydroxyl groups is 1. The molecule has 13 heavy (non-hydrogen) atoms. The molecule has 4 heteroatoms. The van der Waals surface area contributed by atoms with Crippen molar-refractivity contribution in [3.05, 3.63) is 0 Å². The normalized spacial score (nSPS) is 10.0. The highest BCUT2D eigenvalue weighted by atomic mass is 16.2. The summed E-state index contributed by atoms with van der Waals surface area (Å²) in [6.07, 6.45) is 3.94. The highest BCUT2D eigenvalue weighted by Crippen LogP contribution is 1.93. The quantitative estimate of drug-likeness (QED) is 0.469. The molecule has 0 fully saturated rings.